The average Bonchev–Trinajstić information content (AvgIpc) is 2.19. The molecule has 0 aliphatic heterocycles. The number of anilines is 1. The number of hydrogen-bond acceptors (Lipinski definition) is 3. The Bertz CT molecular complexity index is 289. The molecule has 2 N–H and O–H groups in total. The molecule has 3 nitrogen and oxygen atoms in total. The van der Waals surface area contributed by atoms with Gasteiger partial charge in [-0.3, -0.25) is 0 Å². The number of nitrogens with zero attached hydrogens (tertiary/aromatic N) is 1. The third-order valence-corrected chi connectivity index (χ3v) is 2.11. The highest BCUT2D eigenvalue weighted by atomic mass is 35.5. The minimum Gasteiger partial charge on any atom is -0.369 e. The van der Waals surface area contributed by atoms with E-state index in [4.69, 9.17) is 11.6 Å². The molecule has 0 saturated carbocycles. The second kappa shape index (κ2) is 5.83. The van der Waals surface area contributed by atoms with E-state index in [2.05, 4.69) is 22.5 Å². The van der Waals surface area contributed by atoms with Crippen LogP contribution in [0.4, 0.5) is 5.82 Å². The molecule has 0 atom stereocenters. The van der Waals surface area contributed by atoms with E-state index in [1.54, 1.807) is 0 Å². The summed E-state index contributed by atoms with van der Waals surface area (Å²) in [4.78, 5) is 4.24. The Morgan fingerprint density at radius 3 is 2.71 bits per heavy atom. The Labute approximate surface area is 89.9 Å². The topological polar surface area (TPSA) is 37.0 Å². The van der Waals surface area contributed by atoms with Gasteiger partial charge < -0.3 is 10.6 Å². The monoisotopic (exact) mass is 213 g/mol. The van der Waals surface area contributed by atoms with E-state index in [0.29, 0.717) is 5.02 Å². The molecule has 0 amide bonds. The first-order chi connectivity index (χ1) is 6.77. The van der Waals surface area contributed by atoms with Gasteiger partial charge in [0.05, 0.1) is 5.02 Å². The van der Waals surface area contributed by atoms with Gasteiger partial charge in [0.2, 0.25) is 0 Å². The van der Waals surface area contributed by atoms with Gasteiger partial charge in [-0.05, 0) is 25.1 Å². The van der Waals surface area contributed by atoms with E-state index >= 15 is 0 Å². The predicted octanol–water partition coefficient (Wildman–Crippen LogP) is 2.28. The molecule has 0 aliphatic rings. The standard InChI is InChI=1S/C10H16ClN3/c1-3-12-6-8-5-9(11)10(13-4-2)14-7-8/h5,7,12H,3-4,6H2,1-2H3,(H,13,14). The van der Waals surface area contributed by atoms with Crippen LogP contribution in [0, 0.1) is 0 Å². The quantitative estimate of drug-likeness (QED) is 0.788. The maximum atomic E-state index is 6.03. The first-order valence-corrected chi connectivity index (χ1v) is 5.24. The Kier molecular flexibility index (Phi) is 4.70. The molecule has 0 aromatic carbocycles. The molecule has 4 heteroatoms. The van der Waals surface area contributed by atoms with Crippen molar-refractivity contribution >= 4 is 17.4 Å². The number of pyridine rings is 1. The van der Waals surface area contributed by atoms with Crippen molar-refractivity contribution in [2.75, 3.05) is 18.4 Å². The molecule has 14 heavy (non-hydrogen) atoms. The molecular formula is C10H16ClN3. The van der Waals surface area contributed by atoms with Crippen LogP contribution in [-0.4, -0.2) is 18.1 Å². The van der Waals surface area contributed by atoms with Crippen molar-refractivity contribution < 1.29 is 0 Å². The smallest absolute Gasteiger partial charge is 0.144 e. The Hall–Kier alpha value is -0.800. The highest BCUT2D eigenvalue weighted by Gasteiger charge is 2.01. The zero-order valence-corrected chi connectivity index (χ0v) is 9.36. The molecule has 0 unspecified atom stereocenters. The molecule has 0 spiro atoms. The fourth-order valence-electron chi connectivity index (χ4n) is 1.14. The van der Waals surface area contributed by atoms with E-state index in [1.807, 2.05) is 19.2 Å². The molecule has 1 rings (SSSR count). The van der Waals surface area contributed by atoms with Crippen LogP contribution in [0.3, 0.4) is 0 Å². The molecule has 0 bridgehead atoms. The maximum Gasteiger partial charge on any atom is 0.144 e. The summed E-state index contributed by atoms with van der Waals surface area (Å²) in [5.41, 5.74) is 1.11. The number of halogens is 1. The fourth-order valence-corrected chi connectivity index (χ4v) is 1.40. The second-order valence-corrected chi connectivity index (χ2v) is 3.39. The van der Waals surface area contributed by atoms with Crippen LogP contribution in [0.25, 0.3) is 0 Å². The largest absolute Gasteiger partial charge is 0.369 e. The zero-order chi connectivity index (χ0) is 10.4. The average molecular weight is 214 g/mol. The van der Waals surface area contributed by atoms with Crippen molar-refractivity contribution in [2.45, 2.75) is 20.4 Å². The molecule has 78 valence electrons. The lowest BCUT2D eigenvalue weighted by atomic mass is 10.3. The SMILES string of the molecule is CCNCc1cnc(NCC)c(Cl)c1. The van der Waals surface area contributed by atoms with Crippen molar-refractivity contribution in [3.8, 4) is 0 Å². The summed E-state index contributed by atoms with van der Waals surface area (Å²) in [6.45, 7) is 6.69. The van der Waals surface area contributed by atoms with Gasteiger partial charge in [-0.25, -0.2) is 4.98 Å². The minimum absolute atomic E-state index is 0.683. The molecule has 1 heterocycles. The summed E-state index contributed by atoms with van der Waals surface area (Å²) < 4.78 is 0. The molecular weight excluding hydrogens is 198 g/mol. The molecule has 0 saturated heterocycles. The molecule has 0 radical (unpaired) electrons. The van der Waals surface area contributed by atoms with Crippen molar-refractivity contribution in [3.63, 3.8) is 0 Å². The van der Waals surface area contributed by atoms with Gasteiger partial charge in [-0.15, -0.1) is 0 Å². The molecule has 1 aromatic rings. The van der Waals surface area contributed by atoms with E-state index in [1.165, 1.54) is 0 Å². The van der Waals surface area contributed by atoms with Crippen molar-refractivity contribution in [2.24, 2.45) is 0 Å². The van der Waals surface area contributed by atoms with Gasteiger partial charge in [0.1, 0.15) is 5.82 Å². The molecule has 1 aromatic heterocycles. The van der Waals surface area contributed by atoms with Gasteiger partial charge in [0, 0.05) is 19.3 Å². The Balaban J connectivity index is 2.68. The normalized spacial score (nSPS) is 10.2. The van der Waals surface area contributed by atoms with Crippen molar-refractivity contribution in [3.05, 3.63) is 22.8 Å². The lowest BCUT2D eigenvalue weighted by Gasteiger charge is -2.07. The summed E-state index contributed by atoms with van der Waals surface area (Å²) in [7, 11) is 0. The number of hydrogen-bond donors (Lipinski definition) is 2. The zero-order valence-electron chi connectivity index (χ0n) is 8.60. The molecule has 0 fully saturated rings. The van der Waals surface area contributed by atoms with Gasteiger partial charge in [-0.1, -0.05) is 18.5 Å². The van der Waals surface area contributed by atoms with E-state index < -0.39 is 0 Å². The van der Waals surface area contributed by atoms with Crippen LogP contribution in [0.1, 0.15) is 19.4 Å². The van der Waals surface area contributed by atoms with Crippen molar-refractivity contribution in [1.29, 1.82) is 0 Å². The summed E-state index contributed by atoms with van der Waals surface area (Å²) in [6.07, 6.45) is 1.84. The van der Waals surface area contributed by atoms with Gasteiger partial charge in [0.15, 0.2) is 0 Å². The Morgan fingerprint density at radius 2 is 2.14 bits per heavy atom. The summed E-state index contributed by atoms with van der Waals surface area (Å²) >= 11 is 6.03. The molecule has 0 aliphatic carbocycles. The van der Waals surface area contributed by atoms with Crippen LogP contribution >= 0.6 is 11.6 Å². The first-order valence-electron chi connectivity index (χ1n) is 4.87. The van der Waals surface area contributed by atoms with Crippen LogP contribution in [0.2, 0.25) is 5.02 Å². The Morgan fingerprint density at radius 1 is 1.36 bits per heavy atom. The fraction of sp³-hybridized carbons (Fsp3) is 0.500. The summed E-state index contributed by atoms with van der Waals surface area (Å²) in [5.74, 6) is 0.759. The first kappa shape index (κ1) is 11.3. The second-order valence-electron chi connectivity index (χ2n) is 2.98. The van der Waals surface area contributed by atoms with Gasteiger partial charge in [0.25, 0.3) is 0 Å². The van der Waals surface area contributed by atoms with E-state index in [-0.39, 0.29) is 0 Å². The van der Waals surface area contributed by atoms with Crippen LogP contribution in [0.15, 0.2) is 12.3 Å². The summed E-state index contributed by atoms with van der Waals surface area (Å²) in [6, 6.07) is 1.94. The van der Waals surface area contributed by atoms with E-state index in [9.17, 15) is 0 Å². The number of rotatable bonds is 5. The third-order valence-electron chi connectivity index (χ3n) is 1.82. The van der Waals surface area contributed by atoms with Gasteiger partial charge in [-0.2, -0.15) is 0 Å². The minimum atomic E-state index is 0.683. The van der Waals surface area contributed by atoms with Gasteiger partial charge >= 0.3 is 0 Å². The van der Waals surface area contributed by atoms with Crippen LogP contribution in [-0.2, 0) is 6.54 Å². The van der Waals surface area contributed by atoms with Crippen LogP contribution < -0.4 is 10.6 Å². The van der Waals surface area contributed by atoms with Crippen LogP contribution in [0.5, 0.6) is 0 Å². The van der Waals surface area contributed by atoms with E-state index in [0.717, 1.165) is 31.0 Å². The summed E-state index contributed by atoms with van der Waals surface area (Å²) in [5, 5.41) is 7.00. The highest BCUT2D eigenvalue weighted by molar-refractivity contribution is 6.32. The number of aromatic nitrogens is 1. The third kappa shape index (κ3) is 3.16. The maximum absolute atomic E-state index is 6.03. The lowest BCUT2D eigenvalue weighted by Crippen LogP contribution is -2.12. The predicted molar refractivity (Wildman–Crippen MR) is 60.8 cm³/mol. The highest BCUT2D eigenvalue weighted by Crippen LogP contribution is 2.19. The lowest BCUT2D eigenvalue weighted by molar-refractivity contribution is 0.724. The number of nitrogens with one attached hydrogen (secondary N) is 2. The van der Waals surface area contributed by atoms with Crippen molar-refractivity contribution in [1.82, 2.24) is 10.3 Å².